The first-order valence-corrected chi connectivity index (χ1v) is 19.0. The summed E-state index contributed by atoms with van der Waals surface area (Å²) in [7, 11) is 4.37. The second-order valence-corrected chi connectivity index (χ2v) is 15.3. The van der Waals surface area contributed by atoms with Gasteiger partial charge in [0.25, 0.3) is 0 Å². The Morgan fingerprint density at radius 3 is 1.44 bits per heavy atom. The summed E-state index contributed by atoms with van der Waals surface area (Å²) in [6, 6.07) is 14.6. The Labute approximate surface area is 321 Å². The van der Waals surface area contributed by atoms with Crippen LogP contribution in [0.2, 0.25) is 0 Å². The Morgan fingerprint density at radius 1 is 0.691 bits per heavy atom. The molecule has 2 aliphatic heterocycles. The van der Waals surface area contributed by atoms with E-state index in [1.807, 2.05) is 56.9 Å². The van der Waals surface area contributed by atoms with Gasteiger partial charge in [-0.05, 0) is 59.8 Å². The van der Waals surface area contributed by atoms with E-state index in [4.69, 9.17) is 4.74 Å². The van der Waals surface area contributed by atoms with Gasteiger partial charge >= 0.3 is 12.2 Å². The van der Waals surface area contributed by atoms with Gasteiger partial charge in [-0.15, -0.1) is 0 Å². The van der Waals surface area contributed by atoms with Crippen molar-refractivity contribution in [2.24, 2.45) is 11.8 Å². The number of aromatic nitrogens is 4. The molecule has 0 radical (unpaired) electrons. The first kappa shape index (κ1) is 39.0. The van der Waals surface area contributed by atoms with Gasteiger partial charge in [0.15, 0.2) is 0 Å². The van der Waals surface area contributed by atoms with Gasteiger partial charge in [0.2, 0.25) is 11.8 Å². The van der Waals surface area contributed by atoms with Crippen LogP contribution in [0.1, 0.15) is 77.1 Å². The lowest BCUT2D eigenvalue weighted by atomic mass is 10.0. The number of nitrogens with one attached hydrogen (secondary N) is 2. The number of ether oxygens (including phenoxy) is 1. The maximum atomic E-state index is 13.7. The van der Waals surface area contributed by atoms with Crippen molar-refractivity contribution in [3.05, 3.63) is 72.6 Å². The third kappa shape index (κ3) is 7.94. The fourth-order valence-corrected chi connectivity index (χ4v) is 8.13. The van der Waals surface area contributed by atoms with Gasteiger partial charge in [0.05, 0.1) is 43.0 Å². The van der Waals surface area contributed by atoms with E-state index in [1.54, 1.807) is 24.3 Å². The highest BCUT2D eigenvalue weighted by molar-refractivity contribution is 5.87. The molecule has 4 heterocycles. The summed E-state index contributed by atoms with van der Waals surface area (Å²) in [5.41, 5.74) is 5.72. The largest absolute Gasteiger partial charge is 0.465 e. The van der Waals surface area contributed by atoms with Crippen molar-refractivity contribution in [1.29, 1.82) is 0 Å². The zero-order valence-electron chi connectivity index (χ0n) is 32.7. The van der Waals surface area contributed by atoms with Gasteiger partial charge in [-0.25, -0.2) is 19.6 Å². The number of likely N-dealkylation sites (tertiary alicyclic amines) is 2. The van der Waals surface area contributed by atoms with Gasteiger partial charge in [0, 0.05) is 27.2 Å². The minimum atomic E-state index is -1.12. The Morgan fingerprint density at radius 2 is 1.07 bits per heavy atom. The Bertz CT molecular complexity index is 1990. The topological polar surface area (TPSA) is 168 Å². The monoisotopic (exact) mass is 752 g/mol. The number of rotatable bonds is 11. The Hall–Kier alpha value is -5.66. The minimum absolute atomic E-state index is 0.0932. The standard InChI is InChI=1S/C41H52N8O6/c1-24(2)34(46(5)40(52)53)38(50)48-20-8-10-32(48)36-42-22-30(44-36)28-16-12-26(13-17-28)27-14-18-29(19-15-27)31-23-43-37(45-31)33-11-9-21-49(33)39(51)35(25(3)4)47(6)41(54)55-7/h12-19,22-25,32-35H,8-11,20-21H2,1-7H3,(H,42,44)(H,43,45)(H,52,53)/t32-,33?,34-,35-/m0/s1. The predicted octanol–water partition coefficient (Wildman–Crippen LogP) is 6.82. The second-order valence-electron chi connectivity index (χ2n) is 15.3. The number of amides is 4. The zero-order valence-corrected chi connectivity index (χ0v) is 32.7. The number of carbonyl (C=O) groups is 4. The summed E-state index contributed by atoms with van der Waals surface area (Å²) in [5, 5.41) is 9.58. The molecule has 14 nitrogen and oxygen atoms in total. The highest BCUT2D eigenvalue weighted by Crippen LogP contribution is 2.36. The fourth-order valence-electron chi connectivity index (χ4n) is 8.13. The number of carbonyl (C=O) groups excluding carboxylic acids is 3. The normalized spacial score (nSPS) is 18.1. The fraction of sp³-hybridized carbons (Fsp3) is 0.463. The van der Waals surface area contributed by atoms with Gasteiger partial charge < -0.3 is 29.6 Å². The lowest BCUT2D eigenvalue weighted by molar-refractivity contribution is -0.139. The van der Waals surface area contributed by atoms with E-state index in [9.17, 15) is 24.3 Å². The van der Waals surface area contributed by atoms with Crippen LogP contribution in [0, 0.1) is 11.8 Å². The lowest BCUT2D eigenvalue weighted by Gasteiger charge is -2.34. The number of hydrogen-bond acceptors (Lipinski definition) is 7. The van der Waals surface area contributed by atoms with E-state index in [2.05, 4.69) is 44.2 Å². The highest BCUT2D eigenvalue weighted by atomic mass is 16.5. The van der Waals surface area contributed by atoms with Crippen molar-refractivity contribution >= 4 is 24.0 Å². The molecule has 2 fully saturated rings. The molecule has 3 N–H and O–H groups in total. The van der Waals surface area contributed by atoms with Crippen LogP contribution in [-0.4, -0.2) is 115 Å². The molecule has 55 heavy (non-hydrogen) atoms. The van der Waals surface area contributed by atoms with E-state index in [0.29, 0.717) is 18.9 Å². The van der Waals surface area contributed by atoms with Crippen LogP contribution in [0.4, 0.5) is 9.59 Å². The summed E-state index contributed by atoms with van der Waals surface area (Å²) < 4.78 is 4.90. The molecule has 14 heteroatoms. The Kier molecular flexibility index (Phi) is 11.6. The average Bonchev–Trinajstić information content (AvgIpc) is 4.01. The number of H-pyrrole nitrogens is 2. The van der Waals surface area contributed by atoms with E-state index >= 15 is 0 Å². The number of nitrogens with zero attached hydrogens (tertiary/aromatic N) is 6. The molecule has 0 spiro atoms. The molecule has 2 aromatic carbocycles. The third-order valence-corrected chi connectivity index (χ3v) is 11.0. The number of aromatic amines is 2. The average molecular weight is 753 g/mol. The van der Waals surface area contributed by atoms with Crippen molar-refractivity contribution in [3.8, 4) is 33.6 Å². The lowest BCUT2D eigenvalue weighted by Crippen LogP contribution is -2.51. The second kappa shape index (κ2) is 16.4. The van der Waals surface area contributed by atoms with Gasteiger partial charge in [0.1, 0.15) is 23.7 Å². The molecular weight excluding hydrogens is 701 g/mol. The summed E-state index contributed by atoms with van der Waals surface area (Å²) in [5.74, 6) is 0.850. The van der Waals surface area contributed by atoms with Crippen LogP contribution in [0.5, 0.6) is 0 Å². The molecule has 4 atom stereocenters. The molecule has 2 saturated heterocycles. The summed E-state index contributed by atoms with van der Waals surface area (Å²) in [6.07, 6.45) is 5.12. The number of methoxy groups -OCH3 is 1. The maximum absolute atomic E-state index is 13.7. The highest BCUT2D eigenvalue weighted by Gasteiger charge is 2.41. The first-order chi connectivity index (χ1) is 26.3. The Balaban J connectivity index is 1.12. The van der Waals surface area contributed by atoms with Crippen LogP contribution < -0.4 is 0 Å². The van der Waals surface area contributed by atoms with Crippen LogP contribution in [0.3, 0.4) is 0 Å². The first-order valence-electron chi connectivity index (χ1n) is 19.0. The van der Waals surface area contributed by atoms with Gasteiger partial charge in [-0.1, -0.05) is 76.2 Å². The van der Waals surface area contributed by atoms with Crippen LogP contribution in [0.25, 0.3) is 33.6 Å². The van der Waals surface area contributed by atoms with Crippen molar-refractivity contribution in [2.75, 3.05) is 34.3 Å². The van der Waals surface area contributed by atoms with Crippen LogP contribution >= 0.6 is 0 Å². The van der Waals surface area contributed by atoms with E-state index in [-0.39, 0.29) is 35.7 Å². The van der Waals surface area contributed by atoms with E-state index in [1.165, 1.54) is 19.1 Å². The molecule has 0 bridgehead atoms. The van der Waals surface area contributed by atoms with Crippen molar-refractivity contribution in [1.82, 2.24) is 39.5 Å². The van der Waals surface area contributed by atoms with Gasteiger partial charge in [-0.2, -0.15) is 0 Å². The van der Waals surface area contributed by atoms with Crippen molar-refractivity contribution < 1.29 is 29.0 Å². The molecule has 2 aliphatic rings. The van der Waals surface area contributed by atoms with Gasteiger partial charge in [-0.3, -0.25) is 19.4 Å². The SMILES string of the molecule is COC(=O)N(C)[C@H](C(=O)N1CCCC1c1ncc(-c2ccc(-c3ccc(-c4cnc([C@@H]5CCCN5C(=O)[C@H](C(C)C)N(C)C(=O)O)[nH]4)cc3)cc2)[nH]1)C(C)C. The minimum Gasteiger partial charge on any atom is -0.465 e. The number of benzene rings is 2. The molecule has 0 aliphatic carbocycles. The third-order valence-electron chi connectivity index (χ3n) is 11.0. The molecule has 2 aromatic heterocycles. The predicted molar refractivity (Wildman–Crippen MR) is 208 cm³/mol. The summed E-state index contributed by atoms with van der Waals surface area (Å²) in [6.45, 7) is 8.73. The molecule has 4 aromatic rings. The van der Waals surface area contributed by atoms with Crippen LogP contribution in [-0.2, 0) is 14.3 Å². The number of likely N-dealkylation sites (N-methyl/N-ethyl adjacent to an activating group) is 2. The number of hydrogen-bond donors (Lipinski definition) is 3. The molecule has 6 rings (SSSR count). The van der Waals surface area contributed by atoms with Crippen molar-refractivity contribution in [2.45, 2.75) is 77.5 Å². The zero-order chi connectivity index (χ0) is 39.6. The summed E-state index contributed by atoms with van der Waals surface area (Å²) in [4.78, 5) is 73.7. The quantitative estimate of drug-likeness (QED) is 0.150. The number of carboxylic acid groups (broad SMARTS) is 1. The molecule has 4 amide bonds. The van der Waals surface area contributed by atoms with E-state index in [0.717, 1.165) is 70.0 Å². The molecule has 0 saturated carbocycles. The smallest absolute Gasteiger partial charge is 0.409 e. The molecule has 292 valence electrons. The summed E-state index contributed by atoms with van der Waals surface area (Å²) >= 11 is 0. The number of imidazole rings is 2. The van der Waals surface area contributed by atoms with Crippen molar-refractivity contribution in [3.63, 3.8) is 0 Å². The van der Waals surface area contributed by atoms with E-state index < -0.39 is 24.3 Å². The van der Waals surface area contributed by atoms with Crippen LogP contribution in [0.15, 0.2) is 60.9 Å². The maximum Gasteiger partial charge on any atom is 0.409 e. The molecule has 1 unspecified atom stereocenters. The molecular formula is C41H52N8O6.